The molecule has 190 valence electrons. The zero-order valence-corrected chi connectivity index (χ0v) is 20.3. The first-order valence-corrected chi connectivity index (χ1v) is 11.7. The van der Waals surface area contributed by atoms with Gasteiger partial charge in [0.2, 0.25) is 0 Å². The predicted molar refractivity (Wildman–Crippen MR) is 134 cm³/mol. The van der Waals surface area contributed by atoms with Gasteiger partial charge in [-0.3, -0.25) is 14.4 Å². The molecular weight excluding hydrogens is 490 g/mol. The second-order valence-corrected chi connectivity index (χ2v) is 9.02. The third kappa shape index (κ3) is 4.45. The number of carboxylic acid groups (broad SMARTS) is 1. The Kier molecular flexibility index (Phi) is 6.12. The number of nitrogens with zero attached hydrogens (tertiary/aromatic N) is 1. The van der Waals surface area contributed by atoms with Crippen LogP contribution in [0.25, 0.3) is 12.2 Å². The normalized spacial score (nSPS) is 14.0. The summed E-state index contributed by atoms with van der Waals surface area (Å²) in [6, 6.07) is 14.8. The number of hydroxylamine groups is 2. The summed E-state index contributed by atoms with van der Waals surface area (Å²) in [4.78, 5) is 65.8. The summed E-state index contributed by atoms with van der Waals surface area (Å²) >= 11 is 0. The Labute approximate surface area is 216 Å². The van der Waals surface area contributed by atoms with Crippen molar-refractivity contribution in [2.75, 3.05) is 0 Å². The highest BCUT2D eigenvalue weighted by molar-refractivity contribution is 6.09. The van der Waals surface area contributed by atoms with Crippen molar-refractivity contribution in [3.8, 4) is 11.5 Å². The number of imide groups is 1. The number of carbonyl (C=O) groups excluding carboxylic acids is 4. The zero-order valence-electron chi connectivity index (χ0n) is 20.3. The van der Waals surface area contributed by atoms with E-state index in [1.807, 2.05) is 25.1 Å². The molecule has 0 aliphatic carbocycles. The van der Waals surface area contributed by atoms with E-state index in [0.29, 0.717) is 38.1 Å². The van der Waals surface area contributed by atoms with Crippen molar-refractivity contribution in [3.63, 3.8) is 0 Å². The number of rotatable bonds is 6. The Bertz CT molecular complexity index is 1670. The van der Waals surface area contributed by atoms with Crippen molar-refractivity contribution >= 4 is 41.7 Å². The van der Waals surface area contributed by atoms with Gasteiger partial charge in [0.1, 0.15) is 17.9 Å². The number of carbonyl (C=O) groups is 5. The summed E-state index contributed by atoms with van der Waals surface area (Å²) in [5, 5.41) is 11.7. The number of amides is 2. The lowest BCUT2D eigenvalue weighted by molar-refractivity contribution is -0.196. The highest BCUT2D eigenvalue weighted by Gasteiger charge is 2.33. The quantitative estimate of drug-likeness (QED) is 0.238. The Morgan fingerprint density at radius 1 is 0.947 bits per heavy atom. The van der Waals surface area contributed by atoms with E-state index in [1.54, 1.807) is 18.2 Å². The van der Waals surface area contributed by atoms with Crippen molar-refractivity contribution in [1.82, 2.24) is 5.06 Å². The lowest BCUT2D eigenvalue weighted by Crippen LogP contribution is -2.32. The molecule has 5 rings (SSSR count). The van der Waals surface area contributed by atoms with Crippen LogP contribution in [-0.4, -0.2) is 39.7 Å². The first-order chi connectivity index (χ1) is 18.1. The highest BCUT2D eigenvalue weighted by Crippen LogP contribution is 2.38. The molecular formula is C29H21NO8. The number of ketones is 1. The fourth-order valence-electron chi connectivity index (χ4n) is 4.47. The van der Waals surface area contributed by atoms with Crippen molar-refractivity contribution in [2.45, 2.75) is 26.2 Å². The molecule has 2 aliphatic heterocycles. The Balaban J connectivity index is 1.59. The molecule has 1 N–H and O–H groups in total. The number of ether oxygens (including phenoxy) is 1. The molecule has 2 aliphatic rings. The first kappa shape index (κ1) is 24.6. The Hall–Kier alpha value is -5.05. The molecule has 0 bridgehead atoms. The third-order valence-corrected chi connectivity index (χ3v) is 6.29. The van der Waals surface area contributed by atoms with Gasteiger partial charge in [-0.1, -0.05) is 36.9 Å². The summed E-state index contributed by atoms with van der Waals surface area (Å²) in [5.41, 5.74) is 2.39. The predicted octanol–water partition coefficient (Wildman–Crippen LogP) is 2.64. The van der Waals surface area contributed by atoms with Crippen molar-refractivity contribution in [2.24, 2.45) is 0 Å². The third-order valence-electron chi connectivity index (χ3n) is 6.29. The molecule has 2 heterocycles. The maximum atomic E-state index is 13.0. The molecule has 9 nitrogen and oxygen atoms in total. The van der Waals surface area contributed by atoms with Crippen LogP contribution in [0.4, 0.5) is 0 Å². The second-order valence-electron chi connectivity index (χ2n) is 9.02. The monoisotopic (exact) mass is 511 g/mol. The van der Waals surface area contributed by atoms with Crippen LogP contribution < -0.4 is 15.2 Å². The number of fused-ring (bicyclic) bond motifs is 2. The Morgan fingerprint density at radius 2 is 1.68 bits per heavy atom. The minimum absolute atomic E-state index is 0.0505. The lowest BCUT2D eigenvalue weighted by atomic mass is 9.87. The van der Waals surface area contributed by atoms with E-state index in [9.17, 15) is 29.1 Å². The highest BCUT2D eigenvalue weighted by atomic mass is 16.7. The van der Waals surface area contributed by atoms with E-state index < -0.39 is 36.0 Å². The molecule has 0 aromatic heterocycles. The van der Waals surface area contributed by atoms with Gasteiger partial charge >= 0.3 is 11.9 Å². The molecule has 0 spiro atoms. The van der Waals surface area contributed by atoms with Gasteiger partial charge in [-0.15, -0.1) is 5.06 Å². The van der Waals surface area contributed by atoms with E-state index in [4.69, 9.17) is 9.57 Å². The van der Waals surface area contributed by atoms with Crippen LogP contribution in [0.2, 0.25) is 0 Å². The largest absolute Gasteiger partial charge is 0.478 e. The van der Waals surface area contributed by atoms with Crippen LogP contribution in [0, 0.1) is 6.92 Å². The average Bonchev–Trinajstić information content (AvgIpc) is 3.18. The molecule has 1 fully saturated rings. The van der Waals surface area contributed by atoms with Gasteiger partial charge in [-0.2, -0.15) is 0 Å². The maximum absolute atomic E-state index is 13.0. The molecule has 9 heteroatoms. The van der Waals surface area contributed by atoms with Crippen molar-refractivity contribution in [1.29, 1.82) is 0 Å². The van der Waals surface area contributed by atoms with Gasteiger partial charge in [0.05, 0.1) is 5.56 Å². The molecule has 2 amide bonds. The van der Waals surface area contributed by atoms with Gasteiger partial charge < -0.3 is 14.7 Å². The van der Waals surface area contributed by atoms with Crippen LogP contribution in [0.5, 0.6) is 11.5 Å². The molecule has 0 saturated carbocycles. The number of carboxylic acids is 1. The lowest BCUT2D eigenvalue weighted by Gasteiger charge is -2.23. The van der Waals surface area contributed by atoms with E-state index in [-0.39, 0.29) is 29.5 Å². The minimum atomic E-state index is -1.20. The summed E-state index contributed by atoms with van der Waals surface area (Å²) in [5.74, 6) is -3.24. The van der Waals surface area contributed by atoms with Gasteiger partial charge in [-0.05, 0) is 47.5 Å². The van der Waals surface area contributed by atoms with Crippen molar-refractivity contribution < 1.29 is 38.7 Å². The Morgan fingerprint density at radius 3 is 2.39 bits per heavy atom. The number of hydrogen-bond acceptors (Lipinski definition) is 7. The number of Topliss-reactive ketones (excluding diaryl/α,β-unsaturated/α-hetero) is 1. The molecule has 0 atom stereocenters. The van der Waals surface area contributed by atoms with Crippen LogP contribution in [0.1, 0.15) is 56.7 Å². The number of aromatic carboxylic acids is 1. The SMILES string of the molecule is C=c1ccc2c(c1)Oc1cc(C)ccc1C=2c1cc(C(=O)CC(=O)ON2C(=O)CCC2=O)ccc1C(=O)O. The standard InChI is InChI=1S/C29H21NO8/c1-15-3-6-19-23(11-15)37-24-12-16(2)4-7-20(24)28(19)21-13-17(5-8-18(21)29(35)36)22(31)14-27(34)38-30-25(32)9-10-26(30)33/h3-8,11-13H,1,9-10,14H2,2H3,(H,35,36). The zero-order chi connectivity index (χ0) is 27.1. The van der Waals surface area contributed by atoms with Gasteiger partial charge in [0.15, 0.2) is 5.78 Å². The fraction of sp³-hybridized carbons (Fsp3) is 0.138. The van der Waals surface area contributed by atoms with Crippen LogP contribution in [-0.2, 0) is 19.2 Å². The van der Waals surface area contributed by atoms with E-state index >= 15 is 0 Å². The first-order valence-electron chi connectivity index (χ1n) is 11.7. The van der Waals surface area contributed by atoms with Gasteiger partial charge in [0.25, 0.3) is 11.8 Å². The van der Waals surface area contributed by atoms with E-state index in [1.165, 1.54) is 18.2 Å². The van der Waals surface area contributed by atoms with Crippen LogP contribution >= 0.6 is 0 Å². The van der Waals surface area contributed by atoms with Crippen LogP contribution in [0.15, 0.2) is 54.6 Å². The topological polar surface area (TPSA) is 127 Å². The molecule has 38 heavy (non-hydrogen) atoms. The number of aryl methyl sites for hydroxylation is 1. The molecule has 3 aromatic carbocycles. The molecule has 0 unspecified atom stereocenters. The van der Waals surface area contributed by atoms with Gasteiger partial charge in [0, 0.05) is 34.8 Å². The summed E-state index contributed by atoms with van der Waals surface area (Å²) in [6.45, 7) is 5.84. The fourth-order valence-corrected chi connectivity index (χ4v) is 4.47. The van der Waals surface area contributed by atoms with E-state index in [2.05, 4.69) is 6.58 Å². The molecule has 0 radical (unpaired) electrons. The molecule has 3 aromatic rings. The van der Waals surface area contributed by atoms with Crippen LogP contribution in [0.3, 0.4) is 0 Å². The molecule has 1 saturated heterocycles. The summed E-state index contributed by atoms with van der Waals surface area (Å²) < 4.78 is 6.11. The summed E-state index contributed by atoms with van der Waals surface area (Å²) in [7, 11) is 0. The van der Waals surface area contributed by atoms with Crippen molar-refractivity contribution in [3.05, 3.63) is 92.9 Å². The minimum Gasteiger partial charge on any atom is -0.478 e. The second kappa shape index (κ2) is 9.44. The number of benzene rings is 3. The average molecular weight is 511 g/mol. The number of hydrogen-bond donors (Lipinski definition) is 1. The smallest absolute Gasteiger partial charge is 0.340 e. The maximum Gasteiger partial charge on any atom is 0.340 e. The summed E-state index contributed by atoms with van der Waals surface area (Å²) in [6.07, 6.45) is -0.889. The van der Waals surface area contributed by atoms with E-state index in [0.717, 1.165) is 5.56 Å². The van der Waals surface area contributed by atoms with Gasteiger partial charge in [-0.25, -0.2) is 9.59 Å².